The van der Waals surface area contributed by atoms with Gasteiger partial charge in [-0.3, -0.25) is 9.59 Å². The van der Waals surface area contributed by atoms with Crippen LogP contribution in [0.25, 0.3) is 0 Å². The summed E-state index contributed by atoms with van der Waals surface area (Å²) in [7, 11) is 1.51. The quantitative estimate of drug-likeness (QED) is 0.450. The Bertz CT molecular complexity index is 1140. The number of anilines is 1. The van der Waals surface area contributed by atoms with Gasteiger partial charge in [-0.1, -0.05) is 30.3 Å². The molecule has 0 saturated carbocycles. The number of thiophene rings is 1. The Kier molecular flexibility index (Phi) is 7.67. The molecule has 0 saturated heterocycles. The number of nitrogens with one attached hydrogen (secondary N) is 2. The molecule has 0 spiro atoms. The van der Waals surface area contributed by atoms with Crippen molar-refractivity contribution in [2.24, 2.45) is 7.05 Å². The molecule has 0 aliphatic heterocycles. The van der Waals surface area contributed by atoms with Gasteiger partial charge in [0.1, 0.15) is 5.75 Å². The summed E-state index contributed by atoms with van der Waals surface area (Å²) in [5.74, 6) is -0.791. The van der Waals surface area contributed by atoms with E-state index in [9.17, 15) is 19.5 Å². The van der Waals surface area contributed by atoms with Crippen molar-refractivity contribution in [3.8, 4) is 5.75 Å². The van der Waals surface area contributed by atoms with Gasteiger partial charge in [-0.15, -0.1) is 11.3 Å². The number of amides is 2. The number of hydrogen-bond donors (Lipinski definition) is 3. The number of ether oxygens (including phenoxy) is 1. The second-order valence-electron chi connectivity index (χ2n) is 7.12. The number of urea groups is 1. The zero-order valence-electron chi connectivity index (χ0n) is 17.8. The number of carbonyl (C=O) groups excluding carboxylic acids is 2. The molecule has 8 nitrogen and oxygen atoms in total. The predicted octanol–water partition coefficient (Wildman–Crippen LogP) is 3.56. The number of aromatic hydroxyl groups is 1. The molecule has 0 unspecified atom stereocenters. The van der Waals surface area contributed by atoms with Gasteiger partial charge in [-0.05, 0) is 30.7 Å². The number of rotatable bonds is 8. The van der Waals surface area contributed by atoms with Crippen LogP contribution < -0.4 is 16.2 Å². The molecular formula is C23H25N3O5S. The second-order valence-corrected chi connectivity index (χ2v) is 8.32. The monoisotopic (exact) mass is 455 g/mol. The summed E-state index contributed by atoms with van der Waals surface area (Å²) in [6.07, 6.45) is 2.06. The standard InChI is InChI=1S/C23H25N3O5S/c1-3-31-20(28)14-17(19-10-9-16(32-19)13-15-7-5-4-6-8-15)24-23(30)25-21-18(27)11-12-26(2)22(21)29/h4-12,17,27H,3,13-14H2,1-2H3,(H2,24,25,30)/t17-/m0/s1. The average Bonchev–Trinajstić information content (AvgIpc) is 3.23. The third-order valence-corrected chi connectivity index (χ3v) is 5.91. The van der Waals surface area contributed by atoms with Crippen LogP contribution in [0.4, 0.5) is 10.5 Å². The van der Waals surface area contributed by atoms with Gasteiger partial charge in [-0.25, -0.2) is 4.79 Å². The molecule has 168 valence electrons. The molecule has 0 aliphatic carbocycles. The SMILES string of the molecule is CCOC(=O)C[C@H](NC(=O)Nc1c(O)ccn(C)c1=O)c1ccc(Cc2ccccc2)s1. The fraction of sp³-hybridized carbons (Fsp3) is 0.261. The Balaban J connectivity index is 1.77. The summed E-state index contributed by atoms with van der Waals surface area (Å²) in [5.41, 5.74) is 0.366. The zero-order valence-corrected chi connectivity index (χ0v) is 18.6. The first-order valence-corrected chi connectivity index (χ1v) is 10.9. The molecule has 0 radical (unpaired) electrons. The highest BCUT2D eigenvalue weighted by molar-refractivity contribution is 7.12. The molecule has 0 fully saturated rings. The molecule has 0 bridgehead atoms. The normalized spacial score (nSPS) is 11.6. The Labute approximate surface area is 189 Å². The minimum atomic E-state index is -0.712. The molecule has 3 aromatic rings. The third-order valence-electron chi connectivity index (χ3n) is 4.71. The molecule has 32 heavy (non-hydrogen) atoms. The average molecular weight is 456 g/mol. The smallest absolute Gasteiger partial charge is 0.320 e. The highest BCUT2D eigenvalue weighted by Gasteiger charge is 2.22. The molecule has 2 heterocycles. The van der Waals surface area contributed by atoms with E-state index >= 15 is 0 Å². The number of aromatic nitrogens is 1. The first-order chi connectivity index (χ1) is 15.4. The summed E-state index contributed by atoms with van der Waals surface area (Å²) in [6, 6.07) is 13.7. The van der Waals surface area contributed by atoms with Crippen LogP contribution in [0.5, 0.6) is 5.75 Å². The lowest BCUT2D eigenvalue weighted by atomic mass is 10.1. The largest absolute Gasteiger partial charge is 0.505 e. The number of esters is 1. The second kappa shape index (κ2) is 10.6. The topological polar surface area (TPSA) is 110 Å². The van der Waals surface area contributed by atoms with Gasteiger partial charge in [-0.2, -0.15) is 0 Å². The zero-order chi connectivity index (χ0) is 23.1. The maximum Gasteiger partial charge on any atom is 0.320 e. The van der Waals surface area contributed by atoms with Crippen molar-refractivity contribution in [2.75, 3.05) is 11.9 Å². The van der Waals surface area contributed by atoms with Crippen molar-refractivity contribution < 1.29 is 19.4 Å². The van der Waals surface area contributed by atoms with E-state index in [4.69, 9.17) is 4.74 Å². The highest BCUT2D eigenvalue weighted by Crippen LogP contribution is 2.28. The summed E-state index contributed by atoms with van der Waals surface area (Å²) in [6.45, 7) is 1.94. The van der Waals surface area contributed by atoms with Crippen LogP contribution in [0.15, 0.2) is 59.5 Å². The molecule has 3 N–H and O–H groups in total. The van der Waals surface area contributed by atoms with E-state index in [2.05, 4.69) is 10.6 Å². The van der Waals surface area contributed by atoms with Crippen LogP contribution in [-0.4, -0.2) is 28.3 Å². The van der Waals surface area contributed by atoms with Crippen LogP contribution in [0.1, 0.15) is 34.7 Å². The van der Waals surface area contributed by atoms with Gasteiger partial charge in [0, 0.05) is 29.4 Å². The number of aryl methyl sites for hydroxylation is 1. The van der Waals surface area contributed by atoms with Crippen LogP contribution in [0.2, 0.25) is 0 Å². The number of benzene rings is 1. The first kappa shape index (κ1) is 23.1. The maximum absolute atomic E-state index is 12.6. The molecule has 9 heteroatoms. The lowest BCUT2D eigenvalue weighted by molar-refractivity contribution is -0.143. The minimum Gasteiger partial charge on any atom is -0.505 e. The maximum atomic E-state index is 12.6. The van der Waals surface area contributed by atoms with Gasteiger partial charge in [0.15, 0.2) is 5.69 Å². The summed E-state index contributed by atoms with van der Waals surface area (Å²) < 4.78 is 6.29. The molecule has 1 aromatic carbocycles. The predicted molar refractivity (Wildman–Crippen MR) is 123 cm³/mol. The van der Waals surface area contributed by atoms with E-state index in [0.29, 0.717) is 0 Å². The lowest BCUT2D eigenvalue weighted by Gasteiger charge is -2.17. The van der Waals surface area contributed by atoms with Crippen molar-refractivity contribution in [1.29, 1.82) is 0 Å². The van der Waals surface area contributed by atoms with Gasteiger partial charge in [0.25, 0.3) is 5.56 Å². The number of pyridine rings is 1. The summed E-state index contributed by atoms with van der Waals surface area (Å²) in [4.78, 5) is 38.8. The minimum absolute atomic E-state index is 0.0642. The van der Waals surface area contributed by atoms with Crippen molar-refractivity contribution in [3.63, 3.8) is 0 Å². The van der Waals surface area contributed by atoms with Gasteiger partial charge in [0.2, 0.25) is 0 Å². The van der Waals surface area contributed by atoms with Crippen molar-refractivity contribution in [1.82, 2.24) is 9.88 Å². The summed E-state index contributed by atoms with van der Waals surface area (Å²) >= 11 is 1.49. The number of hydrogen-bond acceptors (Lipinski definition) is 6. The molecular weight excluding hydrogens is 430 g/mol. The van der Waals surface area contributed by atoms with Crippen molar-refractivity contribution in [2.45, 2.75) is 25.8 Å². The van der Waals surface area contributed by atoms with Crippen molar-refractivity contribution >= 4 is 29.0 Å². The van der Waals surface area contributed by atoms with Crippen molar-refractivity contribution in [3.05, 3.63) is 80.4 Å². The fourth-order valence-corrected chi connectivity index (χ4v) is 4.23. The molecule has 3 rings (SSSR count). The van der Waals surface area contributed by atoms with E-state index in [1.807, 2.05) is 42.5 Å². The number of nitrogens with zero attached hydrogens (tertiary/aromatic N) is 1. The van der Waals surface area contributed by atoms with Crippen LogP contribution in [-0.2, 0) is 23.0 Å². The van der Waals surface area contributed by atoms with E-state index in [0.717, 1.165) is 21.7 Å². The molecule has 2 aromatic heterocycles. The lowest BCUT2D eigenvalue weighted by Crippen LogP contribution is -2.35. The molecule has 1 atom stereocenters. The van der Waals surface area contributed by atoms with Crippen LogP contribution in [0, 0.1) is 0 Å². The Morgan fingerprint density at radius 1 is 1.16 bits per heavy atom. The first-order valence-electron chi connectivity index (χ1n) is 10.1. The Hall–Kier alpha value is -3.59. The Morgan fingerprint density at radius 3 is 2.62 bits per heavy atom. The van der Waals surface area contributed by atoms with Gasteiger partial charge >= 0.3 is 12.0 Å². The van der Waals surface area contributed by atoms with Crippen LogP contribution in [0.3, 0.4) is 0 Å². The van der Waals surface area contributed by atoms with Gasteiger partial charge < -0.3 is 25.0 Å². The number of carbonyl (C=O) groups is 2. The summed E-state index contributed by atoms with van der Waals surface area (Å²) in [5, 5.41) is 15.1. The van der Waals surface area contributed by atoms with E-state index in [1.54, 1.807) is 6.92 Å². The molecule has 2 amide bonds. The highest BCUT2D eigenvalue weighted by atomic mass is 32.1. The van der Waals surface area contributed by atoms with Crippen LogP contribution >= 0.6 is 11.3 Å². The Morgan fingerprint density at radius 2 is 1.91 bits per heavy atom. The van der Waals surface area contributed by atoms with E-state index in [1.165, 1.54) is 35.2 Å². The third kappa shape index (κ3) is 5.98. The van der Waals surface area contributed by atoms with E-state index < -0.39 is 23.6 Å². The fourth-order valence-electron chi connectivity index (χ4n) is 3.13. The van der Waals surface area contributed by atoms with Gasteiger partial charge in [0.05, 0.1) is 19.1 Å². The van der Waals surface area contributed by atoms with E-state index in [-0.39, 0.29) is 24.5 Å². The molecule has 0 aliphatic rings.